The van der Waals surface area contributed by atoms with Crippen LogP contribution in [0, 0.1) is 6.61 Å². The van der Waals surface area contributed by atoms with Gasteiger partial charge in [0.25, 0.3) is 0 Å². The summed E-state index contributed by atoms with van der Waals surface area (Å²) in [6.07, 6.45) is 4.41. The minimum Gasteiger partial charge on any atom is -0.458 e. The molecule has 0 aromatic heterocycles. The zero-order chi connectivity index (χ0) is 8.53. The van der Waals surface area contributed by atoms with Crippen LogP contribution < -0.4 is 0 Å². The molecular weight excluding hydrogens is 140 g/mol. The van der Waals surface area contributed by atoms with E-state index in [9.17, 15) is 4.79 Å². The largest absolute Gasteiger partial charge is 0.458 e. The highest BCUT2D eigenvalue weighted by atomic mass is 16.5. The number of esters is 1. The molecule has 0 unspecified atom stereocenters. The number of rotatable bonds is 6. The number of carbonyl (C=O) groups is 1. The highest BCUT2D eigenvalue weighted by Gasteiger charge is 2.00. The second-order valence-corrected chi connectivity index (χ2v) is 2.55. The molecule has 0 aliphatic heterocycles. The average Bonchev–Trinajstić information content (AvgIpc) is 2.01. The first-order valence-corrected chi connectivity index (χ1v) is 4.32. The fraction of sp³-hybridized carbons (Fsp3) is 0.778. The van der Waals surface area contributed by atoms with Crippen molar-refractivity contribution in [2.24, 2.45) is 0 Å². The monoisotopic (exact) mass is 157 g/mol. The minimum absolute atomic E-state index is 0.0969. The summed E-state index contributed by atoms with van der Waals surface area (Å²) >= 11 is 0. The molecule has 0 aromatic rings. The van der Waals surface area contributed by atoms with Gasteiger partial charge in [0.1, 0.15) is 6.61 Å². The van der Waals surface area contributed by atoms with Gasteiger partial charge < -0.3 is 4.74 Å². The molecule has 0 bridgehead atoms. The van der Waals surface area contributed by atoms with E-state index in [1.54, 1.807) is 6.61 Å². The van der Waals surface area contributed by atoms with Crippen molar-refractivity contribution in [3.63, 3.8) is 0 Å². The van der Waals surface area contributed by atoms with Gasteiger partial charge in [-0.1, -0.05) is 26.7 Å². The highest BCUT2D eigenvalue weighted by molar-refractivity contribution is 5.69. The van der Waals surface area contributed by atoms with Crippen LogP contribution in [0.5, 0.6) is 0 Å². The van der Waals surface area contributed by atoms with Gasteiger partial charge in [-0.15, -0.1) is 0 Å². The van der Waals surface area contributed by atoms with Crippen LogP contribution >= 0.6 is 0 Å². The van der Waals surface area contributed by atoms with E-state index in [0.717, 1.165) is 25.7 Å². The molecule has 0 fully saturated rings. The Balaban J connectivity index is 3.09. The van der Waals surface area contributed by atoms with Gasteiger partial charge in [0.05, 0.1) is 0 Å². The van der Waals surface area contributed by atoms with Gasteiger partial charge in [-0.3, -0.25) is 4.79 Å². The lowest BCUT2D eigenvalue weighted by Gasteiger charge is -2.00. The number of hydrogen-bond donors (Lipinski definition) is 0. The van der Waals surface area contributed by atoms with E-state index >= 15 is 0 Å². The van der Waals surface area contributed by atoms with E-state index < -0.39 is 0 Å². The number of ether oxygens (including phenoxy) is 1. The van der Waals surface area contributed by atoms with Crippen molar-refractivity contribution in [3.8, 4) is 0 Å². The van der Waals surface area contributed by atoms with Crippen LogP contribution in [0.3, 0.4) is 0 Å². The Bertz CT molecular complexity index is 99.7. The quantitative estimate of drug-likeness (QED) is 0.437. The Morgan fingerprint density at radius 3 is 2.64 bits per heavy atom. The normalized spacial score (nSPS) is 9.64. The molecule has 0 spiro atoms. The lowest BCUT2D eigenvalue weighted by Crippen LogP contribution is -2.01. The minimum atomic E-state index is -0.0969. The molecule has 65 valence electrons. The van der Waals surface area contributed by atoms with Gasteiger partial charge in [-0.2, -0.15) is 0 Å². The van der Waals surface area contributed by atoms with Crippen LogP contribution in [0.2, 0.25) is 0 Å². The molecule has 0 N–H and O–H groups in total. The van der Waals surface area contributed by atoms with E-state index in [0.29, 0.717) is 6.42 Å². The third-order valence-corrected chi connectivity index (χ3v) is 1.36. The van der Waals surface area contributed by atoms with E-state index in [1.165, 1.54) is 0 Å². The van der Waals surface area contributed by atoms with E-state index in [1.807, 2.05) is 0 Å². The van der Waals surface area contributed by atoms with Gasteiger partial charge in [0, 0.05) is 6.42 Å². The molecular formula is C9H17O2. The van der Waals surface area contributed by atoms with Crippen LogP contribution in [0.15, 0.2) is 0 Å². The number of carbonyl (C=O) groups excluding carboxylic acids is 1. The topological polar surface area (TPSA) is 26.3 Å². The predicted molar refractivity (Wildman–Crippen MR) is 44.8 cm³/mol. The second kappa shape index (κ2) is 7.58. The van der Waals surface area contributed by atoms with E-state index in [4.69, 9.17) is 4.74 Å². The summed E-state index contributed by atoms with van der Waals surface area (Å²) in [5.74, 6) is -0.0969. The molecule has 0 saturated carbocycles. The summed E-state index contributed by atoms with van der Waals surface area (Å²) in [6, 6.07) is 0. The summed E-state index contributed by atoms with van der Waals surface area (Å²) in [4.78, 5) is 10.8. The Labute approximate surface area is 68.9 Å². The molecule has 2 heteroatoms. The van der Waals surface area contributed by atoms with Crippen LogP contribution in [-0.4, -0.2) is 5.97 Å². The summed E-state index contributed by atoms with van der Waals surface area (Å²) < 4.78 is 4.82. The summed E-state index contributed by atoms with van der Waals surface area (Å²) in [5, 5.41) is 0. The summed E-state index contributed by atoms with van der Waals surface area (Å²) in [7, 11) is 0. The van der Waals surface area contributed by atoms with Gasteiger partial charge in [0.2, 0.25) is 0 Å². The van der Waals surface area contributed by atoms with Gasteiger partial charge in [-0.25, -0.2) is 0 Å². The van der Waals surface area contributed by atoms with Crippen molar-refractivity contribution in [2.75, 3.05) is 0 Å². The summed E-state index contributed by atoms with van der Waals surface area (Å²) in [5.41, 5.74) is 0. The molecule has 1 radical (unpaired) electrons. The molecule has 0 saturated heterocycles. The third-order valence-electron chi connectivity index (χ3n) is 1.36. The van der Waals surface area contributed by atoms with Crippen LogP contribution in [0.1, 0.15) is 46.0 Å². The third kappa shape index (κ3) is 7.37. The Kier molecular flexibility index (Phi) is 7.21. The van der Waals surface area contributed by atoms with Crippen molar-refractivity contribution in [1.29, 1.82) is 0 Å². The van der Waals surface area contributed by atoms with Crippen molar-refractivity contribution < 1.29 is 9.53 Å². The lowest BCUT2D eigenvalue weighted by molar-refractivity contribution is -0.140. The van der Waals surface area contributed by atoms with Gasteiger partial charge in [0.15, 0.2) is 0 Å². The van der Waals surface area contributed by atoms with Crippen LogP contribution in [0.4, 0.5) is 0 Å². The highest BCUT2D eigenvalue weighted by Crippen LogP contribution is 2.00. The first kappa shape index (κ1) is 10.5. The molecule has 0 amide bonds. The summed E-state index contributed by atoms with van der Waals surface area (Å²) in [6.45, 7) is 5.71. The smallest absolute Gasteiger partial charge is 0.306 e. The SMILES string of the molecule is CCC[CH]OC(=O)CCCC. The zero-order valence-electron chi connectivity index (χ0n) is 7.43. The zero-order valence-corrected chi connectivity index (χ0v) is 7.43. The fourth-order valence-electron chi connectivity index (χ4n) is 0.650. The molecule has 0 aliphatic carbocycles. The maximum atomic E-state index is 10.8. The van der Waals surface area contributed by atoms with E-state index in [2.05, 4.69) is 13.8 Å². The Hall–Kier alpha value is -0.530. The molecule has 0 heterocycles. The van der Waals surface area contributed by atoms with Crippen molar-refractivity contribution in [1.82, 2.24) is 0 Å². The van der Waals surface area contributed by atoms with E-state index in [-0.39, 0.29) is 5.97 Å². The van der Waals surface area contributed by atoms with Gasteiger partial charge in [-0.05, 0) is 12.8 Å². The first-order valence-electron chi connectivity index (χ1n) is 4.32. The number of hydrogen-bond acceptors (Lipinski definition) is 2. The van der Waals surface area contributed by atoms with Crippen LogP contribution in [0.25, 0.3) is 0 Å². The average molecular weight is 157 g/mol. The molecule has 0 aliphatic rings. The molecule has 2 nitrogen and oxygen atoms in total. The standard InChI is InChI=1S/C9H17O2/c1-3-5-7-9(10)11-8-6-4-2/h8H,3-7H2,1-2H3. The van der Waals surface area contributed by atoms with Crippen LogP contribution in [-0.2, 0) is 9.53 Å². The van der Waals surface area contributed by atoms with Crippen molar-refractivity contribution in [2.45, 2.75) is 46.0 Å². The van der Waals surface area contributed by atoms with Gasteiger partial charge >= 0.3 is 5.97 Å². The molecule has 0 rings (SSSR count). The Morgan fingerprint density at radius 1 is 1.36 bits per heavy atom. The van der Waals surface area contributed by atoms with Crippen molar-refractivity contribution in [3.05, 3.63) is 6.61 Å². The molecule has 0 aromatic carbocycles. The Morgan fingerprint density at radius 2 is 2.09 bits per heavy atom. The maximum absolute atomic E-state index is 10.8. The van der Waals surface area contributed by atoms with Crippen molar-refractivity contribution >= 4 is 5.97 Å². The maximum Gasteiger partial charge on any atom is 0.306 e. The molecule has 11 heavy (non-hydrogen) atoms. The molecule has 0 atom stereocenters. The lowest BCUT2D eigenvalue weighted by atomic mass is 10.2. The number of unbranched alkanes of at least 4 members (excludes halogenated alkanes) is 2. The first-order chi connectivity index (χ1) is 5.31. The fourth-order valence-corrected chi connectivity index (χ4v) is 0.650. The predicted octanol–water partition coefficient (Wildman–Crippen LogP) is 2.68. The second-order valence-electron chi connectivity index (χ2n) is 2.55.